The number of carbonyl (C=O) groups is 1. The summed E-state index contributed by atoms with van der Waals surface area (Å²) < 4.78 is 7.12. The molecule has 0 spiro atoms. The van der Waals surface area contributed by atoms with Crippen LogP contribution < -0.4 is 10.1 Å². The molecule has 0 saturated carbocycles. The molecule has 0 atom stereocenters. The van der Waals surface area contributed by atoms with Crippen LogP contribution >= 0.6 is 11.6 Å². The van der Waals surface area contributed by atoms with Crippen molar-refractivity contribution in [2.45, 2.75) is 20.4 Å². The molecule has 0 aliphatic rings. The SMILES string of the molecule is COc1ccc(-n2ncc(-c3cc(C(=O)NCc4ccccc4Cl)c4cc(C)ccc4n3)c2C)cc1. The molecule has 0 aliphatic carbocycles. The molecule has 1 N–H and O–H groups in total. The highest BCUT2D eigenvalue weighted by atomic mass is 35.5. The van der Waals surface area contributed by atoms with E-state index in [4.69, 9.17) is 21.3 Å². The number of amides is 1. The quantitative estimate of drug-likeness (QED) is 0.299. The molecule has 5 aromatic rings. The zero-order valence-electron chi connectivity index (χ0n) is 20.2. The van der Waals surface area contributed by atoms with Crippen molar-refractivity contribution in [3.05, 3.63) is 106 Å². The van der Waals surface area contributed by atoms with E-state index >= 15 is 0 Å². The lowest BCUT2D eigenvalue weighted by Gasteiger charge is -2.12. The van der Waals surface area contributed by atoms with Crippen LogP contribution in [-0.2, 0) is 6.54 Å². The number of nitrogens with one attached hydrogen (secondary N) is 1. The van der Waals surface area contributed by atoms with Crippen LogP contribution in [0.4, 0.5) is 0 Å². The van der Waals surface area contributed by atoms with Crippen molar-refractivity contribution in [3.63, 3.8) is 0 Å². The molecule has 0 saturated heterocycles. The number of rotatable bonds is 6. The van der Waals surface area contributed by atoms with Crippen LogP contribution in [0.3, 0.4) is 0 Å². The smallest absolute Gasteiger partial charge is 0.252 e. The summed E-state index contributed by atoms with van der Waals surface area (Å²) in [4.78, 5) is 18.3. The molecule has 1 amide bonds. The number of fused-ring (bicyclic) bond motifs is 1. The minimum Gasteiger partial charge on any atom is -0.497 e. The highest BCUT2D eigenvalue weighted by molar-refractivity contribution is 6.31. The molecule has 2 aromatic heterocycles. The lowest BCUT2D eigenvalue weighted by Crippen LogP contribution is -2.23. The molecule has 7 heteroatoms. The predicted octanol–water partition coefficient (Wildman–Crippen LogP) is 6.30. The minimum absolute atomic E-state index is 0.186. The van der Waals surface area contributed by atoms with Crippen molar-refractivity contribution >= 4 is 28.4 Å². The molecule has 0 fully saturated rings. The number of halogens is 1. The second-order valence-corrected chi connectivity index (χ2v) is 9.01. The maximum atomic E-state index is 13.4. The second-order valence-electron chi connectivity index (χ2n) is 8.60. The molecule has 0 bridgehead atoms. The summed E-state index contributed by atoms with van der Waals surface area (Å²) in [5.41, 5.74) is 6.59. The van der Waals surface area contributed by atoms with Gasteiger partial charge in [0.2, 0.25) is 0 Å². The molecular weight excluding hydrogens is 472 g/mol. The van der Waals surface area contributed by atoms with Crippen LogP contribution in [0.15, 0.2) is 79.0 Å². The van der Waals surface area contributed by atoms with E-state index in [0.29, 0.717) is 22.8 Å². The van der Waals surface area contributed by atoms with Gasteiger partial charge in [0.25, 0.3) is 5.91 Å². The molecule has 0 aliphatic heterocycles. The third kappa shape index (κ3) is 4.55. The zero-order valence-corrected chi connectivity index (χ0v) is 21.0. The summed E-state index contributed by atoms with van der Waals surface area (Å²) in [6.45, 7) is 4.32. The number of ether oxygens (including phenoxy) is 1. The molecular formula is C29H25ClN4O2. The molecule has 3 aromatic carbocycles. The molecule has 0 radical (unpaired) electrons. The molecule has 180 valence electrons. The Balaban J connectivity index is 1.54. The van der Waals surface area contributed by atoms with E-state index in [2.05, 4.69) is 10.4 Å². The summed E-state index contributed by atoms with van der Waals surface area (Å²) in [5, 5.41) is 9.03. The summed E-state index contributed by atoms with van der Waals surface area (Å²) in [6.07, 6.45) is 1.79. The first-order chi connectivity index (χ1) is 17.4. The van der Waals surface area contributed by atoms with Gasteiger partial charge in [0.05, 0.1) is 41.5 Å². The van der Waals surface area contributed by atoms with E-state index in [-0.39, 0.29) is 5.91 Å². The average Bonchev–Trinajstić information content (AvgIpc) is 3.28. The normalized spacial score (nSPS) is 11.0. The van der Waals surface area contributed by atoms with Gasteiger partial charge in [-0.2, -0.15) is 5.10 Å². The summed E-state index contributed by atoms with van der Waals surface area (Å²) in [7, 11) is 1.64. The first kappa shape index (κ1) is 23.6. The number of nitrogens with zero attached hydrogens (tertiary/aromatic N) is 3. The fourth-order valence-corrected chi connectivity index (χ4v) is 4.43. The van der Waals surface area contributed by atoms with E-state index in [1.807, 2.05) is 91.3 Å². The topological polar surface area (TPSA) is 69.0 Å². The van der Waals surface area contributed by atoms with Crippen LogP contribution in [0.2, 0.25) is 5.02 Å². The average molecular weight is 497 g/mol. The van der Waals surface area contributed by atoms with Gasteiger partial charge < -0.3 is 10.1 Å². The third-order valence-electron chi connectivity index (χ3n) is 6.21. The van der Waals surface area contributed by atoms with Gasteiger partial charge >= 0.3 is 0 Å². The van der Waals surface area contributed by atoms with Gasteiger partial charge in [0, 0.05) is 22.5 Å². The molecule has 5 rings (SSSR count). The van der Waals surface area contributed by atoms with E-state index in [9.17, 15) is 4.79 Å². The number of methoxy groups -OCH3 is 1. The lowest BCUT2D eigenvalue weighted by atomic mass is 10.0. The number of carbonyl (C=O) groups excluding carboxylic acids is 1. The van der Waals surface area contributed by atoms with E-state index in [0.717, 1.165) is 44.7 Å². The van der Waals surface area contributed by atoms with Gasteiger partial charge in [0.1, 0.15) is 5.75 Å². The first-order valence-corrected chi connectivity index (χ1v) is 11.9. The number of aromatic nitrogens is 3. The summed E-state index contributed by atoms with van der Waals surface area (Å²) >= 11 is 6.28. The van der Waals surface area contributed by atoms with Gasteiger partial charge in [-0.05, 0) is 67.9 Å². The van der Waals surface area contributed by atoms with Crippen molar-refractivity contribution in [2.24, 2.45) is 0 Å². The summed E-state index contributed by atoms with van der Waals surface area (Å²) in [5.74, 6) is 0.595. The van der Waals surface area contributed by atoms with Gasteiger partial charge in [-0.15, -0.1) is 0 Å². The Morgan fingerprint density at radius 3 is 2.56 bits per heavy atom. The standard InChI is InChI=1S/C29H25ClN4O2/c1-18-8-13-27-23(14-18)24(29(35)31-16-20-6-4-5-7-26(20)30)15-28(33-27)25-17-32-34(19(25)2)21-9-11-22(36-3)12-10-21/h4-15,17H,16H2,1-3H3,(H,31,35). The van der Waals surface area contributed by atoms with Crippen molar-refractivity contribution in [1.82, 2.24) is 20.1 Å². The van der Waals surface area contributed by atoms with E-state index in [1.54, 1.807) is 13.3 Å². The van der Waals surface area contributed by atoms with E-state index < -0.39 is 0 Å². The molecule has 6 nitrogen and oxygen atoms in total. The van der Waals surface area contributed by atoms with Crippen molar-refractivity contribution in [3.8, 4) is 22.7 Å². The van der Waals surface area contributed by atoms with Crippen LogP contribution in [0.5, 0.6) is 5.75 Å². The minimum atomic E-state index is -0.186. The van der Waals surface area contributed by atoms with Crippen molar-refractivity contribution in [1.29, 1.82) is 0 Å². The van der Waals surface area contributed by atoms with Gasteiger partial charge in [0.15, 0.2) is 0 Å². The number of aryl methyl sites for hydroxylation is 1. The number of hydrogen-bond donors (Lipinski definition) is 1. The monoisotopic (exact) mass is 496 g/mol. The highest BCUT2D eigenvalue weighted by Crippen LogP contribution is 2.29. The van der Waals surface area contributed by atoms with Crippen LogP contribution in [-0.4, -0.2) is 27.8 Å². The fraction of sp³-hybridized carbons (Fsp3) is 0.138. The Labute approximate surface area is 214 Å². The van der Waals surface area contributed by atoms with Crippen molar-refractivity contribution < 1.29 is 9.53 Å². The molecule has 2 heterocycles. The Morgan fingerprint density at radius 1 is 1.03 bits per heavy atom. The molecule has 36 heavy (non-hydrogen) atoms. The maximum absolute atomic E-state index is 13.4. The van der Waals surface area contributed by atoms with Crippen LogP contribution in [0.1, 0.15) is 27.2 Å². The number of hydrogen-bond acceptors (Lipinski definition) is 4. The van der Waals surface area contributed by atoms with Crippen molar-refractivity contribution in [2.75, 3.05) is 7.11 Å². The Kier molecular flexibility index (Phi) is 6.44. The van der Waals surface area contributed by atoms with Crippen LogP contribution in [0.25, 0.3) is 27.8 Å². The summed E-state index contributed by atoms with van der Waals surface area (Å²) in [6, 6.07) is 23.0. The van der Waals surface area contributed by atoms with Gasteiger partial charge in [-0.25, -0.2) is 9.67 Å². The highest BCUT2D eigenvalue weighted by Gasteiger charge is 2.18. The Hall–Kier alpha value is -4.16. The first-order valence-electron chi connectivity index (χ1n) is 11.6. The van der Waals surface area contributed by atoms with E-state index in [1.165, 1.54) is 0 Å². The predicted molar refractivity (Wildman–Crippen MR) is 143 cm³/mol. The maximum Gasteiger partial charge on any atom is 0.252 e. The molecule has 0 unspecified atom stereocenters. The van der Waals surface area contributed by atoms with Gasteiger partial charge in [-0.3, -0.25) is 4.79 Å². The largest absolute Gasteiger partial charge is 0.497 e. The third-order valence-corrected chi connectivity index (χ3v) is 6.58. The number of benzene rings is 3. The number of pyridine rings is 1. The lowest BCUT2D eigenvalue weighted by molar-refractivity contribution is 0.0952. The Bertz CT molecular complexity index is 1570. The zero-order chi connectivity index (χ0) is 25.2. The second kappa shape index (κ2) is 9.84. The Morgan fingerprint density at radius 2 is 1.81 bits per heavy atom. The fourth-order valence-electron chi connectivity index (χ4n) is 4.22. The van der Waals surface area contributed by atoms with Crippen LogP contribution in [0, 0.1) is 13.8 Å². The van der Waals surface area contributed by atoms with Gasteiger partial charge in [-0.1, -0.05) is 41.4 Å².